The van der Waals surface area contributed by atoms with Crippen LogP contribution < -0.4 is 10.0 Å². The van der Waals surface area contributed by atoms with Crippen LogP contribution in [0.25, 0.3) is 0 Å². The lowest BCUT2D eigenvalue weighted by molar-refractivity contribution is 0.0951. The van der Waals surface area contributed by atoms with Crippen molar-refractivity contribution >= 4 is 21.6 Å². The molecule has 5 nitrogen and oxygen atoms in total. The van der Waals surface area contributed by atoms with Crippen LogP contribution in [0.4, 0.5) is 10.1 Å². The zero-order valence-electron chi connectivity index (χ0n) is 15.3. The fraction of sp³-hybridized carbons (Fsp3) is 0.316. The fourth-order valence-electron chi connectivity index (χ4n) is 2.36. The normalized spacial score (nSPS) is 11.9. The largest absolute Gasteiger partial charge is 0.348 e. The summed E-state index contributed by atoms with van der Waals surface area (Å²) in [4.78, 5) is 12.2. The Morgan fingerprint density at radius 2 is 1.69 bits per heavy atom. The molecule has 26 heavy (non-hydrogen) atoms. The van der Waals surface area contributed by atoms with E-state index in [9.17, 15) is 17.6 Å². The monoisotopic (exact) mass is 378 g/mol. The molecule has 0 atom stereocenters. The topological polar surface area (TPSA) is 75.3 Å². The van der Waals surface area contributed by atoms with Gasteiger partial charge in [-0.1, -0.05) is 39.0 Å². The van der Waals surface area contributed by atoms with Gasteiger partial charge in [0, 0.05) is 12.1 Å². The van der Waals surface area contributed by atoms with Gasteiger partial charge in [0.05, 0.1) is 11.9 Å². The van der Waals surface area contributed by atoms with Gasteiger partial charge in [0.15, 0.2) is 0 Å². The van der Waals surface area contributed by atoms with Gasteiger partial charge in [-0.25, -0.2) is 12.8 Å². The van der Waals surface area contributed by atoms with Crippen molar-refractivity contribution in [3.05, 3.63) is 65.0 Å². The van der Waals surface area contributed by atoms with Crippen molar-refractivity contribution in [3.63, 3.8) is 0 Å². The maximum atomic E-state index is 13.9. The van der Waals surface area contributed by atoms with E-state index in [-0.39, 0.29) is 23.6 Å². The Labute approximate surface area is 153 Å². The van der Waals surface area contributed by atoms with Crippen LogP contribution in [0.3, 0.4) is 0 Å². The first kappa shape index (κ1) is 19.9. The molecule has 2 aromatic rings. The van der Waals surface area contributed by atoms with E-state index in [0.29, 0.717) is 11.1 Å². The molecule has 0 unspecified atom stereocenters. The molecule has 0 aliphatic rings. The van der Waals surface area contributed by atoms with E-state index in [4.69, 9.17) is 0 Å². The minimum Gasteiger partial charge on any atom is -0.348 e. The van der Waals surface area contributed by atoms with Crippen LogP contribution in [0, 0.1) is 5.82 Å². The lowest BCUT2D eigenvalue weighted by Gasteiger charge is -2.19. The molecule has 7 heteroatoms. The lowest BCUT2D eigenvalue weighted by atomic mass is 9.87. The molecule has 0 saturated carbocycles. The molecule has 0 aliphatic carbocycles. The highest BCUT2D eigenvalue weighted by Crippen LogP contribution is 2.22. The van der Waals surface area contributed by atoms with Crippen LogP contribution in [-0.4, -0.2) is 20.6 Å². The third kappa shape index (κ3) is 5.56. The van der Waals surface area contributed by atoms with Crippen molar-refractivity contribution < 1.29 is 17.6 Å². The summed E-state index contributed by atoms with van der Waals surface area (Å²) in [5.41, 5.74) is 2.06. The van der Waals surface area contributed by atoms with Gasteiger partial charge in [0.1, 0.15) is 5.82 Å². The number of amides is 1. The van der Waals surface area contributed by atoms with Crippen LogP contribution in [-0.2, 0) is 22.0 Å². The highest BCUT2D eigenvalue weighted by Gasteiger charge is 2.14. The van der Waals surface area contributed by atoms with Gasteiger partial charge in [0.25, 0.3) is 5.91 Å². The first-order valence-electron chi connectivity index (χ1n) is 8.11. The lowest BCUT2D eigenvalue weighted by Crippen LogP contribution is -2.23. The summed E-state index contributed by atoms with van der Waals surface area (Å²) in [6.07, 6.45) is 0.950. The molecule has 1 amide bonds. The van der Waals surface area contributed by atoms with Gasteiger partial charge in [-0.15, -0.1) is 0 Å². The minimum absolute atomic E-state index is 0.00822. The zero-order valence-corrected chi connectivity index (χ0v) is 16.1. The minimum atomic E-state index is -3.55. The molecule has 0 spiro atoms. The van der Waals surface area contributed by atoms with Crippen molar-refractivity contribution in [3.8, 4) is 0 Å². The van der Waals surface area contributed by atoms with Crippen molar-refractivity contribution in [2.75, 3.05) is 11.0 Å². The van der Waals surface area contributed by atoms with Gasteiger partial charge in [-0.05, 0) is 40.8 Å². The number of nitrogens with one attached hydrogen (secondary N) is 2. The maximum Gasteiger partial charge on any atom is 0.251 e. The second kappa shape index (κ2) is 7.45. The summed E-state index contributed by atoms with van der Waals surface area (Å²) in [6.45, 7) is 6.42. The number of hydrogen-bond donors (Lipinski definition) is 2. The Bertz CT molecular complexity index is 901. The highest BCUT2D eigenvalue weighted by molar-refractivity contribution is 7.92. The molecular formula is C19H23FN2O3S. The molecule has 0 fully saturated rings. The third-order valence-electron chi connectivity index (χ3n) is 3.80. The number of rotatable bonds is 5. The number of carbonyl (C=O) groups excluding carboxylic acids is 1. The van der Waals surface area contributed by atoms with Crippen molar-refractivity contribution in [1.82, 2.24) is 5.32 Å². The molecule has 2 aromatic carbocycles. The van der Waals surface area contributed by atoms with E-state index in [1.807, 2.05) is 12.1 Å². The SMILES string of the molecule is CC(C)(C)c1ccc(C(=O)NCc2ccc(NS(C)(=O)=O)c(F)c2)cc1. The summed E-state index contributed by atoms with van der Waals surface area (Å²) in [5, 5.41) is 2.72. The van der Waals surface area contributed by atoms with Gasteiger partial charge >= 0.3 is 0 Å². The van der Waals surface area contributed by atoms with Crippen LogP contribution >= 0.6 is 0 Å². The molecule has 2 N–H and O–H groups in total. The van der Waals surface area contributed by atoms with E-state index < -0.39 is 15.8 Å². The van der Waals surface area contributed by atoms with E-state index in [1.54, 1.807) is 18.2 Å². The first-order valence-corrected chi connectivity index (χ1v) is 10.00. The molecule has 0 saturated heterocycles. The number of hydrogen-bond acceptors (Lipinski definition) is 3. The predicted octanol–water partition coefficient (Wildman–Crippen LogP) is 3.42. The predicted molar refractivity (Wildman–Crippen MR) is 101 cm³/mol. The summed E-state index contributed by atoms with van der Waals surface area (Å²) >= 11 is 0. The van der Waals surface area contributed by atoms with Crippen LogP contribution in [0.1, 0.15) is 42.3 Å². The molecule has 0 heterocycles. The Kier molecular flexibility index (Phi) is 5.71. The van der Waals surface area contributed by atoms with E-state index in [2.05, 4.69) is 30.8 Å². The van der Waals surface area contributed by atoms with Crippen LogP contribution in [0.2, 0.25) is 0 Å². The van der Waals surface area contributed by atoms with E-state index >= 15 is 0 Å². The Balaban J connectivity index is 2.02. The quantitative estimate of drug-likeness (QED) is 0.837. The van der Waals surface area contributed by atoms with Gasteiger partial charge < -0.3 is 5.32 Å². The molecule has 0 bridgehead atoms. The van der Waals surface area contributed by atoms with Crippen molar-refractivity contribution in [1.29, 1.82) is 0 Å². The van der Waals surface area contributed by atoms with Gasteiger partial charge in [0.2, 0.25) is 10.0 Å². The smallest absolute Gasteiger partial charge is 0.251 e. The Morgan fingerprint density at radius 3 is 2.19 bits per heavy atom. The third-order valence-corrected chi connectivity index (χ3v) is 4.39. The maximum absolute atomic E-state index is 13.9. The van der Waals surface area contributed by atoms with Gasteiger partial charge in [-0.2, -0.15) is 0 Å². The number of halogens is 1. The molecular weight excluding hydrogens is 355 g/mol. The summed E-state index contributed by atoms with van der Waals surface area (Å²) in [5.74, 6) is -0.957. The number of carbonyl (C=O) groups is 1. The molecule has 0 aliphatic heterocycles. The summed E-state index contributed by atoms with van der Waals surface area (Å²) in [6, 6.07) is 11.4. The van der Waals surface area contributed by atoms with Crippen LogP contribution in [0.15, 0.2) is 42.5 Å². The average Bonchev–Trinajstić information content (AvgIpc) is 2.53. The Hall–Kier alpha value is -2.41. The summed E-state index contributed by atoms with van der Waals surface area (Å²) < 4.78 is 38.4. The second-order valence-corrected chi connectivity index (χ2v) is 8.95. The van der Waals surface area contributed by atoms with Crippen molar-refractivity contribution in [2.24, 2.45) is 0 Å². The number of sulfonamides is 1. The molecule has 2 rings (SSSR count). The number of anilines is 1. The molecule has 0 radical (unpaired) electrons. The van der Waals surface area contributed by atoms with Crippen molar-refractivity contribution in [2.45, 2.75) is 32.7 Å². The second-order valence-electron chi connectivity index (χ2n) is 7.20. The summed E-state index contributed by atoms with van der Waals surface area (Å²) in [7, 11) is -3.55. The average molecular weight is 378 g/mol. The fourth-order valence-corrected chi connectivity index (χ4v) is 2.92. The van der Waals surface area contributed by atoms with Gasteiger partial charge in [-0.3, -0.25) is 9.52 Å². The number of benzene rings is 2. The van der Waals surface area contributed by atoms with E-state index in [0.717, 1.165) is 11.8 Å². The molecule has 0 aromatic heterocycles. The van der Waals surface area contributed by atoms with Crippen LogP contribution in [0.5, 0.6) is 0 Å². The zero-order chi connectivity index (χ0) is 19.5. The molecule has 140 valence electrons. The highest BCUT2D eigenvalue weighted by atomic mass is 32.2. The standard InChI is InChI=1S/C19H23FN2O3S/c1-19(2,3)15-8-6-14(7-9-15)18(23)21-12-13-5-10-17(16(20)11-13)22-26(4,24)25/h5-11,22H,12H2,1-4H3,(H,21,23). The Morgan fingerprint density at radius 1 is 1.08 bits per heavy atom. The first-order chi connectivity index (χ1) is 12.0. The van der Waals surface area contributed by atoms with E-state index in [1.165, 1.54) is 12.1 Å².